The number of hydrogen-bond donors (Lipinski definition) is 1. The van der Waals surface area contributed by atoms with Gasteiger partial charge in [0.25, 0.3) is 0 Å². The molecule has 128 valence electrons. The van der Waals surface area contributed by atoms with Gasteiger partial charge in [0.05, 0.1) is 6.04 Å². The minimum Gasteiger partial charge on any atom is -0.323 e. The molecule has 0 aliphatic carbocycles. The molecule has 0 spiro atoms. The van der Waals surface area contributed by atoms with E-state index >= 15 is 0 Å². The molecule has 1 aliphatic rings. The number of benzene rings is 2. The summed E-state index contributed by atoms with van der Waals surface area (Å²) in [5, 5.41) is 11.9. The van der Waals surface area contributed by atoms with Gasteiger partial charge in [0, 0.05) is 25.8 Å². The fraction of sp³-hybridized carbons (Fsp3) is 0.300. The second kappa shape index (κ2) is 7.71. The van der Waals surface area contributed by atoms with Crippen LogP contribution in [0.3, 0.4) is 0 Å². The highest BCUT2D eigenvalue weighted by atomic mass is 16.2. The Labute approximate surface area is 148 Å². The number of nitriles is 1. The van der Waals surface area contributed by atoms with Crippen LogP contribution >= 0.6 is 0 Å². The van der Waals surface area contributed by atoms with Crippen molar-refractivity contribution >= 4 is 11.7 Å². The van der Waals surface area contributed by atoms with Crippen LogP contribution in [0.25, 0.3) is 0 Å². The topological polar surface area (TPSA) is 59.4 Å². The third-order valence-electron chi connectivity index (χ3n) is 4.60. The van der Waals surface area contributed by atoms with Crippen LogP contribution in [-0.4, -0.2) is 42.0 Å². The Balaban J connectivity index is 1.62. The zero-order chi connectivity index (χ0) is 17.6. The number of carbonyl (C=O) groups is 1. The van der Waals surface area contributed by atoms with Gasteiger partial charge in [-0.3, -0.25) is 0 Å². The lowest BCUT2D eigenvalue weighted by atomic mass is 10.0. The van der Waals surface area contributed by atoms with E-state index in [1.165, 1.54) is 5.56 Å². The lowest BCUT2D eigenvalue weighted by molar-refractivity contribution is 0.205. The molecule has 1 saturated heterocycles. The predicted octanol–water partition coefficient (Wildman–Crippen LogP) is 3.30. The average molecular weight is 334 g/mol. The molecule has 0 radical (unpaired) electrons. The quantitative estimate of drug-likeness (QED) is 0.873. The first kappa shape index (κ1) is 16.8. The predicted molar refractivity (Wildman–Crippen MR) is 98.1 cm³/mol. The molecular formula is C20H22N4O. The smallest absolute Gasteiger partial charge is 0.321 e. The van der Waals surface area contributed by atoms with Gasteiger partial charge < -0.3 is 15.1 Å². The van der Waals surface area contributed by atoms with Gasteiger partial charge in [0.15, 0.2) is 6.19 Å². The van der Waals surface area contributed by atoms with E-state index in [1.807, 2.05) is 36.4 Å². The summed E-state index contributed by atoms with van der Waals surface area (Å²) in [6, 6.07) is 18.1. The zero-order valence-electron chi connectivity index (χ0n) is 14.4. The van der Waals surface area contributed by atoms with E-state index in [2.05, 4.69) is 29.7 Å². The normalized spacial score (nSPS) is 16.3. The highest BCUT2D eigenvalue weighted by Gasteiger charge is 2.27. The number of anilines is 1. The van der Waals surface area contributed by atoms with Crippen LogP contribution in [0.2, 0.25) is 0 Å². The van der Waals surface area contributed by atoms with Crippen molar-refractivity contribution in [1.82, 2.24) is 9.80 Å². The van der Waals surface area contributed by atoms with E-state index in [0.717, 1.165) is 24.1 Å². The fourth-order valence-corrected chi connectivity index (χ4v) is 3.12. The summed E-state index contributed by atoms with van der Waals surface area (Å²) in [5.41, 5.74) is 3.19. The molecule has 2 amide bonds. The second-order valence-electron chi connectivity index (χ2n) is 6.39. The van der Waals surface area contributed by atoms with Gasteiger partial charge in [0.1, 0.15) is 0 Å². The first-order valence-corrected chi connectivity index (χ1v) is 8.47. The molecule has 1 heterocycles. The Morgan fingerprint density at radius 3 is 2.72 bits per heavy atom. The van der Waals surface area contributed by atoms with Gasteiger partial charge in [-0.15, -0.1) is 0 Å². The SMILES string of the molecule is CN(C(=O)Nc1cccc(Cc2ccccc2)c1)C1CCN(C#N)C1. The van der Waals surface area contributed by atoms with Crippen LogP contribution in [0, 0.1) is 11.5 Å². The number of amides is 2. The number of nitrogens with one attached hydrogen (secondary N) is 1. The molecule has 1 N–H and O–H groups in total. The number of likely N-dealkylation sites (tertiary alicyclic amines) is 1. The van der Waals surface area contributed by atoms with Gasteiger partial charge >= 0.3 is 6.03 Å². The summed E-state index contributed by atoms with van der Waals surface area (Å²) in [7, 11) is 1.79. The highest BCUT2D eigenvalue weighted by molar-refractivity contribution is 5.89. The molecule has 1 unspecified atom stereocenters. The molecule has 25 heavy (non-hydrogen) atoms. The monoisotopic (exact) mass is 334 g/mol. The Bertz CT molecular complexity index is 769. The standard InChI is InChI=1S/C20H22N4O/c1-23(19-10-11-24(14-19)15-21)20(25)22-18-9-5-8-17(13-18)12-16-6-3-2-4-7-16/h2-9,13,19H,10-12,14H2,1H3,(H,22,25). The second-order valence-corrected chi connectivity index (χ2v) is 6.39. The Morgan fingerprint density at radius 1 is 1.24 bits per heavy atom. The highest BCUT2D eigenvalue weighted by Crippen LogP contribution is 2.17. The maximum Gasteiger partial charge on any atom is 0.321 e. The minimum absolute atomic E-state index is 0.0761. The van der Waals surface area contributed by atoms with Crippen LogP contribution in [-0.2, 0) is 6.42 Å². The molecule has 0 bridgehead atoms. The van der Waals surface area contributed by atoms with Crippen LogP contribution in [0.5, 0.6) is 0 Å². The van der Waals surface area contributed by atoms with Crippen molar-refractivity contribution in [1.29, 1.82) is 5.26 Å². The van der Waals surface area contributed by atoms with E-state index in [0.29, 0.717) is 13.1 Å². The lowest BCUT2D eigenvalue weighted by Crippen LogP contribution is -2.41. The molecule has 1 aliphatic heterocycles. The molecule has 2 aromatic carbocycles. The van der Waals surface area contributed by atoms with Gasteiger partial charge in [0.2, 0.25) is 0 Å². The Hall–Kier alpha value is -3.00. The number of rotatable bonds is 4. The molecule has 0 saturated carbocycles. The largest absolute Gasteiger partial charge is 0.323 e. The fourth-order valence-electron chi connectivity index (χ4n) is 3.12. The molecule has 2 aromatic rings. The van der Waals surface area contributed by atoms with Crippen LogP contribution < -0.4 is 5.32 Å². The van der Waals surface area contributed by atoms with Crippen molar-refractivity contribution in [2.75, 3.05) is 25.5 Å². The van der Waals surface area contributed by atoms with E-state index < -0.39 is 0 Å². The van der Waals surface area contributed by atoms with Crippen LogP contribution in [0.1, 0.15) is 17.5 Å². The van der Waals surface area contributed by atoms with Gasteiger partial charge in [-0.25, -0.2) is 4.79 Å². The third kappa shape index (κ3) is 4.30. The van der Waals surface area contributed by atoms with Crippen molar-refractivity contribution < 1.29 is 4.79 Å². The number of likely N-dealkylation sites (N-methyl/N-ethyl adjacent to an activating group) is 1. The number of hydrogen-bond acceptors (Lipinski definition) is 3. The molecule has 1 fully saturated rings. The lowest BCUT2D eigenvalue weighted by Gasteiger charge is -2.24. The van der Waals surface area contributed by atoms with Crippen molar-refractivity contribution in [3.8, 4) is 6.19 Å². The van der Waals surface area contributed by atoms with Gasteiger partial charge in [-0.1, -0.05) is 42.5 Å². The first-order valence-electron chi connectivity index (χ1n) is 8.47. The summed E-state index contributed by atoms with van der Waals surface area (Å²) in [6.45, 7) is 1.32. The van der Waals surface area contributed by atoms with Crippen LogP contribution in [0.15, 0.2) is 54.6 Å². The summed E-state index contributed by atoms with van der Waals surface area (Å²) >= 11 is 0. The first-order chi connectivity index (χ1) is 12.2. The van der Waals surface area contributed by atoms with Gasteiger partial charge in [-0.05, 0) is 36.1 Å². The number of carbonyl (C=O) groups excluding carboxylic acids is 1. The van der Waals surface area contributed by atoms with E-state index in [-0.39, 0.29) is 12.1 Å². The van der Waals surface area contributed by atoms with Crippen molar-refractivity contribution in [3.63, 3.8) is 0 Å². The third-order valence-corrected chi connectivity index (χ3v) is 4.60. The zero-order valence-corrected chi connectivity index (χ0v) is 14.4. The van der Waals surface area contributed by atoms with E-state index in [4.69, 9.17) is 5.26 Å². The van der Waals surface area contributed by atoms with Crippen molar-refractivity contribution in [2.24, 2.45) is 0 Å². The molecule has 3 rings (SSSR count). The molecular weight excluding hydrogens is 312 g/mol. The van der Waals surface area contributed by atoms with Crippen molar-refractivity contribution in [2.45, 2.75) is 18.9 Å². The molecule has 5 nitrogen and oxygen atoms in total. The number of urea groups is 1. The molecule has 0 aromatic heterocycles. The van der Waals surface area contributed by atoms with E-state index in [9.17, 15) is 4.79 Å². The molecule has 1 atom stereocenters. The summed E-state index contributed by atoms with van der Waals surface area (Å²) in [5.74, 6) is 0. The minimum atomic E-state index is -0.137. The summed E-state index contributed by atoms with van der Waals surface area (Å²) in [6.07, 6.45) is 3.80. The molecule has 5 heteroatoms. The Kier molecular flexibility index (Phi) is 5.20. The van der Waals surface area contributed by atoms with Crippen molar-refractivity contribution in [3.05, 3.63) is 65.7 Å². The Morgan fingerprint density at radius 2 is 2.00 bits per heavy atom. The average Bonchev–Trinajstić information content (AvgIpc) is 3.11. The maximum absolute atomic E-state index is 12.5. The summed E-state index contributed by atoms with van der Waals surface area (Å²) < 4.78 is 0. The summed E-state index contributed by atoms with van der Waals surface area (Å²) in [4.78, 5) is 15.9. The van der Waals surface area contributed by atoms with E-state index in [1.54, 1.807) is 16.8 Å². The number of nitrogens with zero attached hydrogens (tertiary/aromatic N) is 3. The van der Waals surface area contributed by atoms with Gasteiger partial charge in [-0.2, -0.15) is 5.26 Å². The maximum atomic E-state index is 12.5. The van der Waals surface area contributed by atoms with Crippen LogP contribution in [0.4, 0.5) is 10.5 Å².